The minimum atomic E-state index is -0.586. The molecule has 1 saturated carbocycles. The Labute approximate surface area is 118 Å². The maximum Gasteiger partial charge on any atom is 0.254 e. The monoisotopic (exact) mass is 278 g/mol. The number of hydrogen-bond donors (Lipinski definition) is 2. The molecule has 20 heavy (non-hydrogen) atoms. The van der Waals surface area contributed by atoms with Crippen molar-refractivity contribution in [3.05, 3.63) is 11.8 Å². The Morgan fingerprint density at radius 2 is 2.15 bits per heavy atom. The van der Waals surface area contributed by atoms with E-state index < -0.39 is 5.91 Å². The maximum atomic E-state index is 12.2. The fraction of sp³-hybridized carbons (Fsp3) is 0.643. The van der Waals surface area contributed by atoms with Crippen LogP contribution in [0.5, 0.6) is 0 Å². The van der Waals surface area contributed by atoms with E-state index >= 15 is 0 Å². The second-order valence-electron chi connectivity index (χ2n) is 5.71. The Hall–Kier alpha value is -1.85. The Kier molecular flexibility index (Phi) is 4.42. The van der Waals surface area contributed by atoms with E-state index in [0.717, 1.165) is 6.42 Å². The van der Waals surface area contributed by atoms with Gasteiger partial charge < -0.3 is 11.1 Å². The third kappa shape index (κ3) is 3.37. The summed E-state index contributed by atoms with van der Waals surface area (Å²) in [7, 11) is 1.68. The van der Waals surface area contributed by atoms with Gasteiger partial charge in [-0.25, -0.2) is 0 Å². The predicted octanol–water partition coefficient (Wildman–Crippen LogP) is 1.67. The van der Waals surface area contributed by atoms with Crippen LogP contribution in [0.3, 0.4) is 0 Å². The average Bonchev–Trinajstić information content (AvgIpc) is 2.98. The van der Waals surface area contributed by atoms with Gasteiger partial charge in [0.05, 0.1) is 0 Å². The SMILES string of the molecule is C[C@H](CC1CCCC1)C(=O)Nc1nn(C)cc1C(N)=O. The summed E-state index contributed by atoms with van der Waals surface area (Å²) < 4.78 is 1.47. The van der Waals surface area contributed by atoms with Gasteiger partial charge in [-0.15, -0.1) is 0 Å². The predicted molar refractivity (Wildman–Crippen MR) is 76.1 cm³/mol. The Bertz CT molecular complexity index is 503. The second kappa shape index (κ2) is 6.07. The zero-order chi connectivity index (χ0) is 14.7. The van der Waals surface area contributed by atoms with Crippen molar-refractivity contribution in [2.75, 3.05) is 5.32 Å². The summed E-state index contributed by atoms with van der Waals surface area (Å²) in [6.07, 6.45) is 7.38. The first-order valence-electron chi connectivity index (χ1n) is 7.11. The number of hydrogen-bond acceptors (Lipinski definition) is 3. The van der Waals surface area contributed by atoms with Crippen LogP contribution in [0.25, 0.3) is 0 Å². The summed E-state index contributed by atoms with van der Waals surface area (Å²) in [5.74, 6) is 0.133. The molecule has 110 valence electrons. The number of aromatic nitrogens is 2. The highest BCUT2D eigenvalue weighted by atomic mass is 16.2. The van der Waals surface area contributed by atoms with Gasteiger partial charge in [0.2, 0.25) is 5.91 Å². The molecule has 0 saturated heterocycles. The molecule has 1 aromatic heterocycles. The van der Waals surface area contributed by atoms with Crippen LogP contribution in [0.4, 0.5) is 5.82 Å². The first kappa shape index (κ1) is 14.6. The van der Waals surface area contributed by atoms with E-state index in [-0.39, 0.29) is 23.2 Å². The standard InChI is InChI=1S/C14H22N4O2/c1-9(7-10-5-3-4-6-10)14(20)16-13-11(12(15)19)8-18(2)17-13/h8-10H,3-7H2,1-2H3,(H2,15,19)(H,16,17,20)/t9-/m1/s1. The van der Waals surface area contributed by atoms with E-state index in [1.807, 2.05) is 6.92 Å². The molecule has 0 aliphatic heterocycles. The van der Waals surface area contributed by atoms with E-state index in [1.54, 1.807) is 7.05 Å². The number of carbonyl (C=O) groups excluding carboxylic acids is 2. The molecule has 0 spiro atoms. The second-order valence-corrected chi connectivity index (χ2v) is 5.71. The Morgan fingerprint density at radius 3 is 2.75 bits per heavy atom. The van der Waals surface area contributed by atoms with Gasteiger partial charge in [-0.2, -0.15) is 5.10 Å². The molecule has 2 amide bonds. The molecule has 6 nitrogen and oxygen atoms in total. The van der Waals surface area contributed by atoms with Gasteiger partial charge >= 0.3 is 0 Å². The molecule has 0 bridgehead atoms. The largest absolute Gasteiger partial charge is 0.365 e. The van der Waals surface area contributed by atoms with Crippen LogP contribution in [0.1, 0.15) is 49.4 Å². The average molecular weight is 278 g/mol. The van der Waals surface area contributed by atoms with Crippen LogP contribution in [0, 0.1) is 11.8 Å². The zero-order valence-electron chi connectivity index (χ0n) is 12.1. The van der Waals surface area contributed by atoms with Crippen molar-refractivity contribution in [3.63, 3.8) is 0 Å². The quantitative estimate of drug-likeness (QED) is 0.858. The van der Waals surface area contributed by atoms with Gasteiger partial charge in [0, 0.05) is 19.2 Å². The summed E-state index contributed by atoms with van der Waals surface area (Å²) >= 11 is 0. The van der Waals surface area contributed by atoms with Crippen molar-refractivity contribution in [3.8, 4) is 0 Å². The normalized spacial score (nSPS) is 17.1. The molecule has 3 N–H and O–H groups in total. The highest BCUT2D eigenvalue weighted by Gasteiger charge is 2.23. The molecule has 1 aromatic rings. The van der Waals surface area contributed by atoms with Gasteiger partial charge in [0.1, 0.15) is 5.56 Å². The van der Waals surface area contributed by atoms with E-state index in [2.05, 4.69) is 10.4 Å². The van der Waals surface area contributed by atoms with Crippen LogP contribution in [-0.2, 0) is 11.8 Å². The number of carbonyl (C=O) groups is 2. The molecule has 0 unspecified atom stereocenters. The van der Waals surface area contributed by atoms with E-state index in [9.17, 15) is 9.59 Å². The van der Waals surface area contributed by atoms with Crippen LogP contribution in [0.2, 0.25) is 0 Å². The number of amides is 2. The van der Waals surface area contributed by atoms with Crippen molar-refractivity contribution < 1.29 is 9.59 Å². The third-order valence-electron chi connectivity index (χ3n) is 3.95. The van der Waals surface area contributed by atoms with Gasteiger partial charge in [-0.3, -0.25) is 14.3 Å². The Morgan fingerprint density at radius 1 is 1.50 bits per heavy atom. The summed E-state index contributed by atoms with van der Waals surface area (Å²) in [6, 6.07) is 0. The van der Waals surface area contributed by atoms with Crippen LogP contribution in [-0.4, -0.2) is 21.6 Å². The lowest BCUT2D eigenvalue weighted by Crippen LogP contribution is -2.24. The van der Waals surface area contributed by atoms with E-state index in [4.69, 9.17) is 5.73 Å². The number of nitrogens with two attached hydrogens (primary N) is 1. The molecule has 1 heterocycles. The van der Waals surface area contributed by atoms with Gasteiger partial charge in [0.15, 0.2) is 5.82 Å². The van der Waals surface area contributed by atoms with Crippen molar-refractivity contribution in [2.45, 2.75) is 39.0 Å². The fourth-order valence-corrected chi connectivity index (χ4v) is 2.85. The van der Waals surface area contributed by atoms with Gasteiger partial charge in [0.25, 0.3) is 5.91 Å². The third-order valence-corrected chi connectivity index (χ3v) is 3.95. The summed E-state index contributed by atoms with van der Waals surface area (Å²) in [5.41, 5.74) is 5.51. The molecular weight excluding hydrogens is 256 g/mol. The molecule has 1 atom stereocenters. The maximum absolute atomic E-state index is 12.2. The number of aryl methyl sites for hydroxylation is 1. The van der Waals surface area contributed by atoms with Crippen LogP contribution in [0.15, 0.2) is 6.20 Å². The lowest BCUT2D eigenvalue weighted by molar-refractivity contribution is -0.119. The molecular formula is C14H22N4O2. The van der Waals surface area contributed by atoms with E-state index in [1.165, 1.54) is 36.6 Å². The van der Waals surface area contributed by atoms with Crippen molar-refractivity contribution in [2.24, 2.45) is 24.6 Å². The van der Waals surface area contributed by atoms with Crippen molar-refractivity contribution in [1.29, 1.82) is 0 Å². The molecule has 0 radical (unpaired) electrons. The highest BCUT2D eigenvalue weighted by Crippen LogP contribution is 2.30. The first-order valence-corrected chi connectivity index (χ1v) is 7.11. The fourth-order valence-electron chi connectivity index (χ4n) is 2.85. The Balaban J connectivity index is 1.98. The summed E-state index contributed by atoms with van der Waals surface area (Å²) in [4.78, 5) is 23.5. The van der Waals surface area contributed by atoms with Gasteiger partial charge in [-0.1, -0.05) is 32.6 Å². The molecule has 1 fully saturated rings. The van der Waals surface area contributed by atoms with Crippen molar-refractivity contribution >= 4 is 17.6 Å². The molecule has 1 aliphatic rings. The first-order chi connectivity index (χ1) is 9.47. The number of anilines is 1. The summed E-state index contributed by atoms with van der Waals surface area (Å²) in [5, 5.41) is 6.78. The number of primary amides is 1. The molecule has 2 rings (SSSR count). The van der Waals surface area contributed by atoms with E-state index in [0.29, 0.717) is 5.92 Å². The molecule has 1 aliphatic carbocycles. The topological polar surface area (TPSA) is 90.0 Å². The van der Waals surface area contributed by atoms with Crippen LogP contribution >= 0.6 is 0 Å². The molecule has 0 aromatic carbocycles. The summed E-state index contributed by atoms with van der Waals surface area (Å²) in [6.45, 7) is 1.92. The number of nitrogens with one attached hydrogen (secondary N) is 1. The lowest BCUT2D eigenvalue weighted by Gasteiger charge is -2.15. The van der Waals surface area contributed by atoms with Crippen LogP contribution < -0.4 is 11.1 Å². The lowest BCUT2D eigenvalue weighted by atomic mass is 9.94. The minimum Gasteiger partial charge on any atom is -0.365 e. The highest BCUT2D eigenvalue weighted by molar-refractivity contribution is 6.02. The minimum absolute atomic E-state index is 0.0826. The van der Waals surface area contributed by atoms with Crippen molar-refractivity contribution in [1.82, 2.24) is 9.78 Å². The smallest absolute Gasteiger partial charge is 0.254 e. The van der Waals surface area contributed by atoms with Gasteiger partial charge in [-0.05, 0) is 12.3 Å². The zero-order valence-corrected chi connectivity index (χ0v) is 12.1. The number of rotatable bonds is 5. The molecule has 6 heteroatoms. The number of nitrogens with zero attached hydrogens (tertiary/aromatic N) is 2.